The number of carbonyl (C=O) groups excluding carboxylic acids is 2. The summed E-state index contributed by atoms with van der Waals surface area (Å²) in [6.07, 6.45) is 2.34. The van der Waals surface area contributed by atoms with Gasteiger partial charge in [-0.15, -0.1) is 22.7 Å². The summed E-state index contributed by atoms with van der Waals surface area (Å²) in [5.74, 6) is 0.453. The fourth-order valence-electron chi connectivity index (χ4n) is 1.98. The van der Waals surface area contributed by atoms with Gasteiger partial charge in [0.15, 0.2) is 5.13 Å². The van der Waals surface area contributed by atoms with E-state index in [1.165, 1.54) is 22.7 Å². The lowest BCUT2D eigenvalue weighted by Crippen LogP contribution is -2.26. The summed E-state index contributed by atoms with van der Waals surface area (Å²) in [6.45, 7) is 5.04. The molecule has 0 aromatic carbocycles. The van der Waals surface area contributed by atoms with Crippen molar-refractivity contribution in [1.82, 2.24) is 10.3 Å². The van der Waals surface area contributed by atoms with E-state index in [0.717, 1.165) is 12.8 Å². The van der Waals surface area contributed by atoms with Crippen molar-refractivity contribution in [3.63, 3.8) is 0 Å². The Labute approximate surface area is 144 Å². The number of aromatic nitrogens is 1. The van der Waals surface area contributed by atoms with E-state index in [1.807, 2.05) is 11.4 Å². The number of thiazole rings is 1. The SMILES string of the molecule is CC(C)CCCNC(=O)Cc1csc(NC(=O)c2cccs2)n1. The van der Waals surface area contributed by atoms with Crippen LogP contribution in [0.2, 0.25) is 0 Å². The van der Waals surface area contributed by atoms with Gasteiger partial charge in [-0.1, -0.05) is 19.9 Å². The van der Waals surface area contributed by atoms with Crippen molar-refractivity contribution in [2.45, 2.75) is 33.1 Å². The first kappa shape index (κ1) is 17.6. The van der Waals surface area contributed by atoms with E-state index in [4.69, 9.17) is 0 Å². The highest BCUT2D eigenvalue weighted by molar-refractivity contribution is 7.14. The lowest BCUT2D eigenvalue weighted by Gasteiger charge is -2.05. The van der Waals surface area contributed by atoms with Crippen molar-refractivity contribution >= 4 is 39.6 Å². The number of hydrogen-bond donors (Lipinski definition) is 2. The topological polar surface area (TPSA) is 71.1 Å². The van der Waals surface area contributed by atoms with E-state index >= 15 is 0 Å². The van der Waals surface area contributed by atoms with Gasteiger partial charge in [0.25, 0.3) is 5.91 Å². The molecule has 2 amide bonds. The molecule has 0 saturated carbocycles. The zero-order valence-corrected chi connectivity index (χ0v) is 14.9. The van der Waals surface area contributed by atoms with E-state index in [-0.39, 0.29) is 18.2 Å². The summed E-state index contributed by atoms with van der Waals surface area (Å²) < 4.78 is 0. The number of anilines is 1. The van der Waals surface area contributed by atoms with E-state index in [0.29, 0.717) is 28.2 Å². The predicted molar refractivity (Wildman–Crippen MR) is 95.2 cm³/mol. The van der Waals surface area contributed by atoms with Crippen LogP contribution in [0, 0.1) is 5.92 Å². The van der Waals surface area contributed by atoms with Crippen LogP contribution in [0.1, 0.15) is 42.1 Å². The van der Waals surface area contributed by atoms with Gasteiger partial charge in [0, 0.05) is 11.9 Å². The number of rotatable bonds is 8. The standard InChI is InChI=1S/C16H21N3O2S2/c1-11(2)5-3-7-17-14(20)9-12-10-23-16(18-12)19-15(21)13-6-4-8-22-13/h4,6,8,10-11H,3,5,7,9H2,1-2H3,(H,17,20)(H,18,19,21). The van der Waals surface area contributed by atoms with Crippen LogP contribution in [-0.2, 0) is 11.2 Å². The Morgan fingerprint density at radius 3 is 2.83 bits per heavy atom. The molecule has 23 heavy (non-hydrogen) atoms. The Morgan fingerprint density at radius 1 is 1.30 bits per heavy atom. The van der Waals surface area contributed by atoms with Crippen LogP contribution in [0.5, 0.6) is 0 Å². The zero-order chi connectivity index (χ0) is 16.7. The summed E-state index contributed by atoms with van der Waals surface area (Å²) in [5.41, 5.74) is 0.679. The third-order valence-corrected chi connectivity index (χ3v) is 4.81. The number of hydrogen-bond acceptors (Lipinski definition) is 5. The van der Waals surface area contributed by atoms with Crippen molar-refractivity contribution in [1.29, 1.82) is 0 Å². The highest BCUT2D eigenvalue weighted by Crippen LogP contribution is 2.18. The lowest BCUT2D eigenvalue weighted by atomic mass is 10.1. The van der Waals surface area contributed by atoms with Gasteiger partial charge in [-0.3, -0.25) is 14.9 Å². The molecule has 0 fully saturated rings. The van der Waals surface area contributed by atoms with Crippen LogP contribution in [0.15, 0.2) is 22.9 Å². The van der Waals surface area contributed by atoms with Gasteiger partial charge in [-0.25, -0.2) is 4.98 Å². The van der Waals surface area contributed by atoms with Crippen LogP contribution in [0.3, 0.4) is 0 Å². The number of thiophene rings is 1. The Hall–Kier alpha value is -1.73. The van der Waals surface area contributed by atoms with Crippen LogP contribution >= 0.6 is 22.7 Å². The van der Waals surface area contributed by atoms with Gasteiger partial charge in [-0.2, -0.15) is 0 Å². The summed E-state index contributed by atoms with van der Waals surface area (Å²) >= 11 is 2.71. The Morgan fingerprint density at radius 2 is 2.13 bits per heavy atom. The second-order valence-corrected chi connectivity index (χ2v) is 7.44. The monoisotopic (exact) mass is 351 g/mol. The maximum absolute atomic E-state index is 11.9. The molecule has 7 heteroatoms. The fourth-order valence-corrected chi connectivity index (χ4v) is 3.30. The molecule has 5 nitrogen and oxygen atoms in total. The molecule has 0 radical (unpaired) electrons. The molecule has 0 aliphatic carbocycles. The number of nitrogens with one attached hydrogen (secondary N) is 2. The second-order valence-electron chi connectivity index (χ2n) is 5.64. The molecule has 0 atom stereocenters. The summed E-state index contributed by atoms with van der Waals surface area (Å²) in [5, 5.41) is 9.82. The number of nitrogens with zero attached hydrogens (tertiary/aromatic N) is 1. The number of amides is 2. The molecule has 2 heterocycles. The molecule has 124 valence electrons. The van der Waals surface area contributed by atoms with Crippen LogP contribution < -0.4 is 10.6 Å². The van der Waals surface area contributed by atoms with Gasteiger partial charge in [0.2, 0.25) is 5.91 Å². The lowest BCUT2D eigenvalue weighted by molar-refractivity contribution is -0.120. The first-order valence-corrected chi connectivity index (χ1v) is 9.36. The molecular weight excluding hydrogens is 330 g/mol. The highest BCUT2D eigenvalue weighted by atomic mass is 32.1. The maximum atomic E-state index is 11.9. The molecule has 2 aromatic heterocycles. The van der Waals surface area contributed by atoms with Gasteiger partial charge in [-0.05, 0) is 30.2 Å². The minimum Gasteiger partial charge on any atom is -0.356 e. The zero-order valence-electron chi connectivity index (χ0n) is 13.3. The Kier molecular flexibility index (Phi) is 6.73. The average molecular weight is 351 g/mol. The quantitative estimate of drug-likeness (QED) is 0.715. The molecule has 2 N–H and O–H groups in total. The maximum Gasteiger partial charge on any atom is 0.267 e. The molecule has 0 saturated heterocycles. The first-order valence-electron chi connectivity index (χ1n) is 7.60. The van der Waals surface area contributed by atoms with Crippen molar-refractivity contribution in [2.75, 3.05) is 11.9 Å². The summed E-state index contributed by atoms with van der Waals surface area (Å²) in [6, 6.07) is 3.59. The molecule has 0 spiro atoms. The molecule has 2 aromatic rings. The van der Waals surface area contributed by atoms with Crippen LogP contribution in [0.25, 0.3) is 0 Å². The molecule has 0 aliphatic heterocycles. The first-order chi connectivity index (χ1) is 11.0. The van der Waals surface area contributed by atoms with E-state index in [9.17, 15) is 9.59 Å². The minimum atomic E-state index is -0.168. The second kappa shape index (κ2) is 8.79. The average Bonchev–Trinajstić information content (AvgIpc) is 3.15. The van der Waals surface area contributed by atoms with Crippen LogP contribution in [-0.4, -0.2) is 23.3 Å². The van der Waals surface area contributed by atoms with Crippen molar-refractivity contribution in [3.8, 4) is 0 Å². The predicted octanol–water partition coefficient (Wildman–Crippen LogP) is 3.55. The van der Waals surface area contributed by atoms with Gasteiger partial charge in [0.05, 0.1) is 17.0 Å². The third-order valence-electron chi connectivity index (χ3n) is 3.14. The van der Waals surface area contributed by atoms with Gasteiger partial charge >= 0.3 is 0 Å². The smallest absolute Gasteiger partial charge is 0.267 e. The minimum absolute atomic E-state index is 0.0322. The largest absolute Gasteiger partial charge is 0.356 e. The summed E-state index contributed by atoms with van der Waals surface area (Å²) in [7, 11) is 0. The summed E-state index contributed by atoms with van der Waals surface area (Å²) in [4.78, 5) is 28.7. The van der Waals surface area contributed by atoms with Gasteiger partial charge < -0.3 is 5.32 Å². The van der Waals surface area contributed by atoms with Crippen LogP contribution in [0.4, 0.5) is 5.13 Å². The van der Waals surface area contributed by atoms with E-state index in [2.05, 4.69) is 29.5 Å². The molecule has 2 rings (SSSR count). The van der Waals surface area contributed by atoms with Crippen molar-refractivity contribution < 1.29 is 9.59 Å². The van der Waals surface area contributed by atoms with Gasteiger partial charge in [0.1, 0.15) is 0 Å². The molecule has 0 unspecified atom stereocenters. The fraction of sp³-hybridized carbons (Fsp3) is 0.438. The van der Waals surface area contributed by atoms with E-state index in [1.54, 1.807) is 11.4 Å². The Bertz CT molecular complexity index is 636. The Balaban J connectivity index is 1.76. The molecular formula is C16H21N3O2S2. The normalized spacial score (nSPS) is 10.7. The molecule has 0 aliphatic rings. The van der Waals surface area contributed by atoms with Crippen molar-refractivity contribution in [3.05, 3.63) is 33.5 Å². The van der Waals surface area contributed by atoms with Crippen molar-refractivity contribution in [2.24, 2.45) is 5.92 Å². The third kappa shape index (κ3) is 6.11. The van der Waals surface area contributed by atoms with E-state index < -0.39 is 0 Å². The number of carbonyl (C=O) groups is 2. The highest BCUT2D eigenvalue weighted by Gasteiger charge is 2.11. The molecule has 0 bridgehead atoms.